The molecule has 0 saturated heterocycles. The first-order valence-electron chi connectivity index (χ1n) is 4.64. The lowest BCUT2D eigenvalue weighted by Gasteiger charge is -2.05. The van der Waals surface area contributed by atoms with Crippen LogP contribution in [0.3, 0.4) is 0 Å². The Balaban J connectivity index is 2.70. The molecule has 0 atom stereocenters. The number of nitrogens with zero attached hydrogens (tertiary/aromatic N) is 2. The molecule has 0 spiro atoms. The molecule has 0 unspecified atom stereocenters. The van der Waals surface area contributed by atoms with Gasteiger partial charge >= 0.3 is 0 Å². The molecule has 0 bridgehead atoms. The van der Waals surface area contributed by atoms with Crippen LogP contribution in [0.25, 0.3) is 21.7 Å². The maximum atomic E-state index is 4.16. The molecule has 3 nitrogen and oxygen atoms in total. The van der Waals surface area contributed by atoms with E-state index in [1.165, 1.54) is 10.9 Å². The summed E-state index contributed by atoms with van der Waals surface area (Å²) in [6.07, 6.45) is 5.53. The maximum Gasteiger partial charge on any atom is 0.0802 e. The van der Waals surface area contributed by atoms with Crippen LogP contribution >= 0.6 is 15.9 Å². The van der Waals surface area contributed by atoms with E-state index in [-0.39, 0.29) is 0 Å². The van der Waals surface area contributed by atoms with Gasteiger partial charge in [-0.3, -0.25) is 10.1 Å². The number of aryl methyl sites for hydroxylation is 1. The topological polar surface area (TPSA) is 41.6 Å². The summed E-state index contributed by atoms with van der Waals surface area (Å²) in [5.41, 5.74) is 2.25. The van der Waals surface area contributed by atoms with Gasteiger partial charge in [0.1, 0.15) is 0 Å². The molecule has 3 rings (SSSR count). The molecule has 0 saturated carbocycles. The number of pyridine rings is 1. The van der Waals surface area contributed by atoms with Crippen molar-refractivity contribution in [1.82, 2.24) is 15.2 Å². The highest BCUT2D eigenvalue weighted by molar-refractivity contribution is 9.10. The van der Waals surface area contributed by atoms with E-state index in [1.807, 2.05) is 24.7 Å². The number of benzene rings is 1. The fraction of sp³-hybridized carbons (Fsp3) is 0.0909. The van der Waals surface area contributed by atoms with Crippen molar-refractivity contribution in [3.63, 3.8) is 0 Å². The van der Waals surface area contributed by atoms with Gasteiger partial charge in [0.15, 0.2) is 0 Å². The number of rotatable bonds is 0. The molecule has 74 valence electrons. The average Bonchev–Trinajstić information content (AvgIpc) is 2.75. The zero-order valence-corrected chi connectivity index (χ0v) is 9.67. The van der Waals surface area contributed by atoms with Crippen LogP contribution < -0.4 is 0 Å². The van der Waals surface area contributed by atoms with Crippen molar-refractivity contribution in [2.45, 2.75) is 6.92 Å². The molecule has 0 radical (unpaired) electrons. The molecule has 2 heterocycles. The Morgan fingerprint density at radius 3 is 2.93 bits per heavy atom. The molecule has 2 aromatic heterocycles. The second kappa shape index (κ2) is 3.03. The van der Waals surface area contributed by atoms with E-state index < -0.39 is 0 Å². The van der Waals surface area contributed by atoms with Crippen molar-refractivity contribution in [1.29, 1.82) is 0 Å². The first kappa shape index (κ1) is 8.85. The molecular weight excluding hydrogens is 254 g/mol. The molecule has 0 aliphatic rings. The zero-order chi connectivity index (χ0) is 10.4. The van der Waals surface area contributed by atoms with Crippen molar-refractivity contribution in [2.24, 2.45) is 0 Å². The number of aromatic amines is 1. The number of aromatic nitrogens is 3. The Kier molecular flexibility index (Phi) is 1.79. The third-order valence-corrected chi connectivity index (χ3v) is 3.69. The summed E-state index contributed by atoms with van der Waals surface area (Å²) in [6, 6.07) is 2.03. The van der Waals surface area contributed by atoms with E-state index >= 15 is 0 Å². The Bertz CT molecular complexity index is 657. The van der Waals surface area contributed by atoms with Gasteiger partial charge in [-0.25, -0.2) is 0 Å². The summed E-state index contributed by atoms with van der Waals surface area (Å²) in [4.78, 5) is 4.16. The summed E-state index contributed by atoms with van der Waals surface area (Å²) < 4.78 is 1.08. The van der Waals surface area contributed by atoms with E-state index in [4.69, 9.17) is 0 Å². The van der Waals surface area contributed by atoms with Gasteiger partial charge in [0, 0.05) is 27.6 Å². The number of hydrogen-bond acceptors (Lipinski definition) is 2. The minimum atomic E-state index is 1.04. The summed E-state index contributed by atoms with van der Waals surface area (Å²) in [6.45, 7) is 2.09. The molecule has 0 amide bonds. The van der Waals surface area contributed by atoms with Crippen LogP contribution in [0.5, 0.6) is 0 Å². The van der Waals surface area contributed by atoms with Crippen LogP contribution in [0.2, 0.25) is 0 Å². The van der Waals surface area contributed by atoms with Gasteiger partial charge in [0.2, 0.25) is 0 Å². The van der Waals surface area contributed by atoms with Crippen molar-refractivity contribution in [2.75, 3.05) is 0 Å². The van der Waals surface area contributed by atoms with Crippen molar-refractivity contribution >= 4 is 37.6 Å². The predicted molar refractivity (Wildman–Crippen MR) is 63.8 cm³/mol. The Labute approximate surface area is 94.6 Å². The fourth-order valence-electron chi connectivity index (χ4n) is 1.90. The first-order valence-corrected chi connectivity index (χ1v) is 5.43. The second-order valence-corrected chi connectivity index (χ2v) is 4.31. The lowest BCUT2D eigenvalue weighted by molar-refractivity contribution is 1.12. The highest BCUT2D eigenvalue weighted by Crippen LogP contribution is 2.33. The monoisotopic (exact) mass is 261 g/mol. The summed E-state index contributed by atoms with van der Waals surface area (Å²) in [7, 11) is 0. The van der Waals surface area contributed by atoms with Gasteiger partial charge < -0.3 is 0 Å². The fourth-order valence-corrected chi connectivity index (χ4v) is 2.42. The molecular formula is C11H8BrN3. The van der Waals surface area contributed by atoms with Crippen LogP contribution in [0.1, 0.15) is 5.56 Å². The standard InChI is InChI=1S/C11H8BrN3/c1-6-7-2-3-13-4-8(7)9-5-14-15-11(9)10(6)12/h2-5H,1H3,(H,14,15). The number of halogens is 1. The number of hydrogen-bond donors (Lipinski definition) is 1. The van der Waals surface area contributed by atoms with E-state index in [1.54, 1.807) is 0 Å². The molecule has 15 heavy (non-hydrogen) atoms. The zero-order valence-electron chi connectivity index (χ0n) is 8.08. The Morgan fingerprint density at radius 2 is 2.07 bits per heavy atom. The van der Waals surface area contributed by atoms with Crippen LogP contribution in [-0.2, 0) is 0 Å². The molecule has 1 aromatic carbocycles. The van der Waals surface area contributed by atoms with Gasteiger partial charge in [0.25, 0.3) is 0 Å². The van der Waals surface area contributed by atoms with Gasteiger partial charge in [-0.2, -0.15) is 5.10 Å². The minimum absolute atomic E-state index is 1.04. The smallest absolute Gasteiger partial charge is 0.0802 e. The van der Waals surface area contributed by atoms with Crippen LogP contribution in [-0.4, -0.2) is 15.2 Å². The molecule has 0 aliphatic carbocycles. The highest BCUT2D eigenvalue weighted by atomic mass is 79.9. The van der Waals surface area contributed by atoms with E-state index in [0.717, 1.165) is 20.8 Å². The van der Waals surface area contributed by atoms with E-state index in [0.29, 0.717) is 0 Å². The number of fused-ring (bicyclic) bond motifs is 3. The Morgan fingerprint density at radius 1 is 1.20 bits per heavy atom. The molecule has 4 heteroatoms. The average molecular weight is 262 g/mol. The van der Waals surface area contributed by atoms with Gasteiger partial charge in [-0.05, 0) is 39.9 Å². The first-order chi connectivity index (χ1) is 7.29. The normalized spacial score (nSPS) is 11.3. The van der Waals surface area contributed by atoms with Gasteiger partial charge in [-0.15, -0.1) is 0 Å². The summed E-state index contributed by atoms with van der Waals surface area (Å²) in [5, 5.41) is 10.5. The van der Waals surface area contributed by atoms with Crippen LogP contribution in [0, 0.1) is 6.92 Å². The van der Waals surface area contributed by atoms with Gasteiger partial charge in [0.05, 0.1) is 11.7 Å². The summed E-state index contributed by atoms with van der Waals surface area (Å²) in [5.74, 6) is 0. The summed E-state index contributed by atoms with van der Waals surface area (Å²) >= 11 is 3.59. The maximum absolute atomic E-state index is 4.16. The van der Waals surface area contributed by atoms with Crippen molar-refractivity contribution in [3.05, 3.63) is 34.7 Å². The van der Waals surface area contributed by atoms with Crippen molar-refractivity contribution in [3.8, 4) is 0 Å². The van der Waals surface area contributed by atoms with E-state index in [2.05, 4.69) is 38.0 Å². The molecule has 0 fully saturated rings. The predicted octanol–water partition coefficient (Wildman–Crippen LogP) is 3.18. The lowest BCUT2D eigenvalue weighted by atomic mass is 10.0. The molecule has 0 aliphatic heterocycles. The van der Waals surface area contributed by atoms with E-state index in [9.17, 15) is 0 Å². The molecule has 1 N–H and O–H groups in total. The van der Waals surface area contributed by atoms with Crippen LogP contribution in [0.4, 0.5) is 0 Å². The second-order valence-electron chi connectivity index (χ2n) is 3.52. The number of H-pyrrole nitrogens is 1. The lowest BCUT2D eigenvalue weighted by Crippen LogP contribution is -1.84. The van der Waals surface area contributed by atoms with Crippen molar-refractivity contribution < 1.29 is 0 Å². The van der Waals surface area contributed by atoms with Gasteiger partial charge in [-0.1, -0.05) is 0 Å². The molecule has 3 aromatic rings. The highest BCUT2D eigenvalue weighted by Gasteiger charge is 2.10. The largest absolute Gasteiger partial charge is 0.277 e. The third-order valence-electron chi connectivity index (χ3n) is 2.70. The SMILES string of the molecule is Cc1c(Br)c2[nH]ncc2c2cnccc12. The Hall–Kier alpha value is -1.42. The quantitative estimate of drug-likeness (QED) is 0.676. The minimum Gasteiger partial charge on any atom is -0.277 e. The number of nitrogens with one attached hydrogen (secondary N) is 1. The third kappa shape index (κ3) is 1.11. The van der Waals surface area contributed by atoms with Crippen LogP contribution in [0.15, 0.2) is 29.1 Å².